The van der Waals surface area contributed by atoms with Crippen LogP contribution in [0.2, 0.25) is 0 Å². The molecule has 1 atom stereocenters. The molecule has 0 aliphatic rings. The highest BCUT2D eigenvalue weighted by molar-refractivity contribution is 5.87. The zero-order valence-electron chi connectivity index (χ0n) is 11.1. The average molecular weight is 254 g/mol. The lowest BCUT2D eigenvalue weighted by Gasteiger charge is -2.16. The van der Waals surface area contributed by atoms with Gasteiger partial charge in [-0.15, -0.1) is 0 Å². The first-order valence-electron chi connectivity index (χ1n) is 6.52. The van der Waals surface area contributed by atoms with E-state index >= 15 is 0 Å². The summed E-state index contributed by atoms with van der Waals surface area (Å²) in [6, 6.07) is 14.2. The molecular formula is C16H18N2O. The van der Waals surface area contributed by atoms with Crippen LogP contribution < -0.4 is 10.5 Å². The topological polar surface area (TPSA) is 59.0 Å². The predicted octanol–water partition coefficient (Wildman–Crippen LogP) is 3.02. The third-order valence-corrected chi connectivity index (χ3v) is 3.28. The van der Waals surface area contributed by atoms with Crippen molar-refractivity contribution in [3.05, 3.63) is 42.0 Å². The van der Waals surface area contributed by atoms with Gasteiger partial charge in [-0.05, 0) is 29.7 Å². The minimum atomic E-state index is 0.0622. The molecule has 2 N–H and O–H groups in total. The van der Waals surface area contributed by atoms with Gasteiger partial charge in [-0.3, -0.25) is 0 Å². The molecule has 0 spiro atoms. The molecule has 0 aromatic heterocycles. The molecule has 0 aliphatic carbocycles. The molecule has 0 fully saturated rings. The van der Waals surface area contributed by atoms with Crippen LogP contribution in [0.1, 0.15) is 18.9 Å². The highest BCUT2D eigenvalue weighted by Gasteiger charge is 2.11. The Morgan fingerprint density at radius 1 is 1.26 bits per heavy atom. The number of hydrogen-bond donors (Lipinski definition) is 1. The van der Waals surface area contributed by atoms with Crippen LogP contribution in [0.5, 0.6) is 5.75 Å². The SMILES string of the molecule is CCC(N)Cc1c(OCC#N)ccc2ccccc12. The Hall–Kier alpha value is -2.05. The van der Waals surface area contributed by atoms with E-state index in [1.54, 1.807) is 0 Å². The van der Waals surface area contributed by atoms with Crippen molar-refractivity contribution in [1.82, 2.24) is 0 Å². The van der Waals surface area contributed by atoms with Crippen LogP contribution in [-0.4, -0.2) is 12.6 Å². The molecule has 98 valence electrons. The molecule has 1 unspecified atom stereocenters. The molecule has 0 saturated carbocycles. The number of rotatable bonds is 5. The van der Waals surface area contributed by atoms with E-state index in [0.29, 0.717) is 0 Å². The maximum atomic E-state index is 8.66. The Labute approximate surface area is 113 Å². The highest BCUT2D eigenvalue weighted by Crippen LogP contribution is 2.29. The normalized spacial score (nSPS) is 12.1. The van der Waals surface area contributed by atoms with E-state index in [9.17, 15) is 0 Å². The number of fused-ring (bicyclic) bond motifs is 1. The molecule has 2 rings (SSSR count). The van der Waals surface area contributed by atoms with Gasteiger partial charge < -0.3 is 10.5 Å². The molecule has 3 heteroatoms. The molecule has 0 amide bonds. The summed E-state index contributed by atoms with van der Waals surface area (Å²) in [4.78, 5) is 0. The minimum Gasteiger partial charge on any atom is -0.478 e. The molecule has 2 aromatic rings. The van der Waals surface area contributed by atoms with E-state index in [1.165, 1.54) is 5.39 Å². The van der Waals surface area contributed by atoms with Crippen molar-refractivity contribution in [1.29, 1.82) is 5.26 Å². The third-order valence-electron chi connectivity index (χ3n) is 3.28. The second-order valence-corrected chi connectivity index (χ2v) is 4.58. The first-order chi connectivity index (χ1) is 9.26. The summed E-state index contributed by atoms with van der Waals surface area (Å²) in [6.45, 7) is 2.14. The van der Waals surface area contributed by atoms with Crippen molar-refractivity contribution >= 4 is 10.8 Å². The summed E-state index contributed by atoms with van der Waals surface area (Å²) < 4.78 is 5.52. The van der Waals surface area contributed by atoms with Crippen LogP contribution >= 0.6 is 0 Å². The van der Waals surface area contributed by atoms with Gasteiger partial charge in [-0.1, -0.05) is 37.3 Å². The Bertz CT molecular complexity index is 601. The monoisotopic (exact) mass is 254 g/mol. The molecular weight excluding hydrogens is 236 g/mol. The van der Waals surface area contributed by atoms with Gasteiger partial charge in [0.25, 0.3) is 0 Å². The van der Waals surface area contributed by atoms with Gasteiger partial charge in [0, 0.05) is 11.6 Å². The van der Waals surface area contributed by atoms with Crippen molar-refractivity contribution < 1.29 is 4.74 Å². The predicted molar refractivity (Wildman–Crippen MR) is 77.0 cm³/mol. The molecule has 2 aromatic carbocycles. The van der Waals surface area contributed by atoms with E-state index in [-0.39, 0.29) is 12.6 Å². The standard InChI is InChI=1S/C16H18N2O/c1-2-13(18)11-15-14-6-4-3-5-12(14)7-8-16(15)19-10-9-17/h3-8,13H,2,10-11,18H2,1H3. The fourth-order valence-electron chi connectivity index (χ4n) is 2.18. The molecule has 0 radical (unpaired) electrons. The first-order valence-corrected chi connectivity index (χ1v) is 6.52. The van der Waals surface area contributed by atoms with Crippen molar-refractivity contribution in [2.75, 3.05) is 6.61 Å². The second-order valence-electron chi connectivity index (χ2n) is 4.58. The van der Waals surface area contributed by atoms with Gasteiger partial charge in [-0.25, -0.2) is 0 Å². The summed E-state index contributed by atoms with van der Waals surface area (Å²) in [5.74, 6) is 0.768. The molecule has 0 heterocycles. The van der Waals surface area contributed by atoms with Crippen molar-refractivity contribution in [3.63, 3.8) is 0 Å². The smallest absolute Gasteiger partial charge is 0.174 e. The maximum absolute atomic E-state index is 8.66. The van der Waals surface area contributed by atoms with Gasteiger partial charge in [0.2, 0.25) is 0 Å². The Balaban J connectivity index is 2.48. The Kier molecular flexibility index (Phi) is 4.38. The van der Waals surface area contributed by atoms with Crippen molar-refractivity contribution in [3.8, 4) is 11.8 Å². The van der Waals surface area contributed by atoms with E-state index in [0.717, 1.165) is 29.5 Å². The van der Waals surface area contributed by atoms with E-state index in [4.69, 9.17) is 15.7 Å². The van der Waals surface area contributed by atoms with Crippen LogP contribution in [0.4, 0.5) is 0 Å². The lowest BCUT2D eigenvalue weighted by Crippen LogP contribution is -2.22. The van der Waals surface area contributed by atoms with Crippen LogP contribution in [0, 0.1) is 11.3 Å². The number of nitriles is 1. The van der Waals surface area contributed by atoms with Gasteiger partial charge in [-0.2, -0.15) is 5.26 Å². The van der Waals surface area contributed by atoms with Crippen LogP contribution in [0.25, 0.3) is 10.8 Å². The van der Waals surface area contributed by atoms with Crippen molar-refractivity contribution in [2.24, 2.45) is 5.73 Å². The number of nitrogens with two attached hydrogens (primary N) is 1. The third kappa shape index (κ3) is 3.04. The molecule has 0 aliphatic heterocycles. The van der Waals surface area contributed by atoms with Crippen LogP contribution in [-0.2, 0) is 6.42 Å². The number of hydrogen-bond acceptors (Lipinski definition) is 3. The number of nitrogens with zero attached hydrogens (tertiary/aromatic N) is 1. The number of ether oxygens (including phenoxy) is 1. The fourth-order valence-corrected chi connectivity index (χ4v) is 2.18. The minimum absolute atomic E-state index is 0.0622. The van der Waals surface area contributed by atoms with Gasteiger partial charge in [0.15, 0.2) is 6.61 Å². The zero-order chi connectivity index (χ0) is 13.7. The highest BCUT2D eigenvalue weighted by atomic mass is 16.5. The van der Waals surface area contributed by atoms with Gasteiger partial charge in [0.05, 0.1) is 0 Å². The van der Waals surface area contributed by atoms with Crippen LogP contribution in [0.3, 0.4) is 0 Å². The molecule has 19 heavy (non-hydrogen) atoms. The Morgan fingerprint density at radius 3 is 2.79 bits per heavy atom. The molecule has 0 bridgehead atoms. The number of benzene rings is 2. The molecule has 0 saturated heterocycles. The first kappa shape index (κ1) is 13.4. The zero-order valence-corrected chi connectivity index (χ0v) is 11.1. The lowest BCUT2D eigenvalue weighted by molar-refractivity contribution is 0.363. The average Bonchev–Trinajstić information content (AvgIpc) is 2.46. The van der Waals surface area contributed by atoms with Gasteiger partial charge in [0.1, 0.15) is 11.8 Å². The second kappa shape index (κ2) is 6.21. The summed E-state index contributed by atoms with van der Waals surface area (Å²) in [7, 11) is 0. The summed E-state index contributed by atoms with van der Waals surface area (Å²) in [6.07, 6.45) is 1.68. The van der Waals surface area contributed by atoms with E-state index < -0.39 is 0 Å². The Morgan fingerprint density at radius 2 is 2.05 bits per heavy atom. The fraction of sp³-hybridized carbons (Fsp3) is 0.312. The summed E-state index contributed by atoms with van der Waals surface area (Å²) in [5, 5.41) is 11.0. The van der Waals surface area contributed by atoms with E-state index in [1.807, 2.05) is 30.3 Å². The van der Waals surface area contributed by atoms with E-state index in [2.05, 4.69) is 19.1 Å². The quantitative estimate of drug-likeness (QED) is 0.892. The lowest BCUT2D eigenvalue weighted by atomic mass is 9.97. The van der Waals surface area contributed by atoms with Gasteiger partial charge >= 0.3 is 0 Å². The maximum Gasteiger partial charge on any atom is 0.174 e. The molecule has 3 nitrogen and oxygen atoms in total. The van der Waals surface area contributed by atoms with Crippen LogP contribution in [0.15, 0.2) is 36.4 Å². The summed E-state index contributed by atoms with van der Waals surface area (Å²) >= 11 is 0. The summed E-state index contributed by atoms with van der Waals surface area (Å²) in [5.41, 5.74) is 7.17. The van der Waals surface area contributed by atoms with Crippen molar-refractivity contribution in [2.45, 2.75) is 25.8 Å². The largest absolute Gasteiger partial charge is 0.478 e.